The molecular weight excluding hydrogens is 280 g/mol. The third-order valence-electron chi connectivity index (χ3n) is 4.01. The van der Waals surface area contributed by atoms with Crippen molar-refractivity contribution in [1.29, 1.82) is 0 Å². The zero-order chi connectivity index (χ0) is 15.5. The van der Waals surface area contributed by atoms with Gasteiger partial charge < -0.3 is 14.3 Å². The van der Waals surface area contributed by atoms with Crippen molar-refractivity contribution in [2.45, 2.75) is 31.9 Å². The fourth-order valence-corrected chi connectivity index (χ4v) is 2.90. The molecule has 2 atom stereocenters. The lowest BCUT2D eigenvalue weighted by atomic mass is 10.2. The van der Waals surface area contributed by atoms with Crippen LogP contribution in [0.3, 0.4) is 0 Å². The SMILES string of the molecule is COC[C@@H]1CCCN1/N=C(/c1cc2ccccc2o1)[C@@H](C)O. The first kappa shape index (κ1) is 15.1. The molecule has 1 fully saturated rings. The van der Waals surface area contributed by atoms with Gasteiger partial charge >= 0.3 is 0 Å². The second-order valence-corrected chi connectivity index (χ2v) is 5.72. The van der Waals surface area contributed by atoms with Crippen molar-refractivity contribution in [3.8, 4) is 0 Å². The number of rotatable bonds is 5. The van der Waals surface area contributed by atoms with Crippen LogP contribution in [0.15, 0.2) is 39.9 Å². The highest BCUT2D eigenvalue weighted by Gasteiger charge is 2.25. The molecule has 1 aliphatic heterocycles. The number of hydrogen-bond donors (Lipinski definition) is 1. The van der Waals surface area contributed by atoms with Crippen LogP contribution in [0.25, 0.3) is 11.0 Å². The second-order valence-electron chi connectivity index (χ2n) is 5.72. The average molecular weight is 302 g/mol. The maximum Gasteiger partial charge on any atom is 0.154 e. The predicted octanol–water partition coefficient (Wildman–Crippen LogP) is 2.63. The van der Waals surface area contributed by atoms with Crippen molar-refractivity contribution in [3.63, 3.8) is 0 Å². The van der Waals surface area contributed by atoms with Crippen LogP contribution in [0.1, 0.15) is 25.5 Å². The van der Waals surface area contributed by atoms with E-state index in [1.165, 1.54) is 0 Å². The average Bonchev–Trinajstić information content (AvgIpc) is 3.10. The summed E-state index contributed by atoms with van der Waals surface area (Å²) < 4.78 is 11.1. The number of aliphatic hydroxyl groups excluding tert-OH is 1. The maximum absolute atomic E-state index is 10.1. The van der Waals surface area contributed by atoms with E-state index < -0.39 is 6.10 Å². The van der Waals surface area contributed by atoms with E-state index in [0.29, 0.717) is 18.1 Å². The third kappa shape index (κ3) is 3.00. The molecule has 0 radical (unpaired) electrons. The number of hydrogen-bond acceptors (Lipinski definition) is 5. The molecule has 0 aliphatic carbocycles. The Bertz CT molecular complexity index is 630. The number of benzene rings is 1. The largest absolute Gasteiger partial charge is 0.455 e. The molecule has 0 unspecified atom stereocenters. The van der Waals surface area contributed by atoms with Gasteiger partial charge in [-0.05, 0) is 31.9 Å². The molecule has 1 aromatic heterocycles. The van der Waals surface area contributed by atoms with Crippen molar-refractivity contribution in [2.24, 2.45) is 5.10 Å². The molecule has 0 bridgehead atoms. The molecule has 1 N–H and O–H groups in total. The number of methoxy groups -OCH3 is 1. The number of furan rings is 1. The Labute approximate surface area is 130 Å². The Morgan fingerprint density at radius 2 is 2.32 bits per heavy atom. The van der Waals surface area contributed by atoms with E-state index in [4.69, 9.17) is 9.15 Å². The maximum atomic E-state index is 10.1. The Morgan fingerprint density at radius 3 is 3.05 bits per heavy atom. The molecule has 118 valence electrons. The molecule has 0 amide bonds. The lowest BCUT2D eigenvalue weighted by Crippen LogP contribution is -2.31. The van der Waals surface area contributed by atoms with Gasteiger partial charge in [0.15, 0.2) is 5.76 Å². The topological polar surface area (TPSA) is 58.2 Å². The first-order chi connectivity index (χ1) is 10.7. The van der Waals surface area contributed by atoms with Crippen molar-refractivity contribution in [2.75, 3.05) is 20.3 Å². The van der Waals surface area contributed by atoms with E-state index in [0.717, 1.165) is 30.4 Å². The number of fused-ring (bicyclic) bond motifs is 1. The summed E-state index contributed by atoms with van der Waals surface area (Å²) in [7, 11) is 1.70. The van der Waals surface area contributed by atoms with Gasteiger partial charge in [-0.3, -0.25) is 5.01 Å². The second kappa shape index (κ2) is 6.50. The fourth-order valence-electron chi connectivity index (χ4n) is 2.90. The molecule has 0 saturated carbocycles. The Kier molecular flexibility index (Phi) is 4.45. The van der Waals surface area contributed by atoms with Gasteiger partial charge in [-0.1, -0.05) is 18.2 Å². The van der Waals surface area contributed by atoms with Crippen LogP contribution >= 0.6 is 0 Å². The zero-order valence-corrected chi connectivity index (χ0v) is 13.0. The Balaban J connectivity index is 1.93. The number of nitrogens with zero attached hydrogens (tertiary/aromatic N) is 2. The lowest BCUT2D eigenvalue weighted by molar-refractivity contribution is 0.116. The van der Waals surface area contributed by atoms with Crippen molar-refractivity contribution < 1.29 is 14.3 Å². The minimum atomic E-state index is -0.690. The lowest BCUT2D eigenvalue weighted by Gasteiger charge is -2.22. The molecule has 2 aromatic rings. The predicted molar refractivity (Wildman–Crippen MR) is 86.0 cm³/mol. The van der Waals surface area contributed by atoms with Crippen LogP contribution < -0.4 is 0 Å². The van der Waals surface area contributed by atoms with Gasteiger partial charge in [-0.2, -0.15) is 5.10 Å². The number of aliphatic hydroxyl groups is 1. The van der Waals surface area contributed by atoms with E-state index >= 15 is 0 Å². The van der Waals surface area contributed by atoms with E-state index in [1.54, 1.807) is 14.0 Å². The smallest absolute Gasteiger partial charge is 0.154 e. The van der Waals surface area contributed by atoms with E-state index in [2.05, 4.69) is 5.10 Å². The summed E-state index contributed by atoms with van der Waals surface area (Å²) in [6.07, 6.45) is 1.46. The minimum Gasteiger partial charge on any atom is -0.455 e. The van der Waals surface area contributed by atoms with Gasteiger partial charge in [0.1, 0.15) is 11.3 Å². The molecule has 22 heavy (non-hydrogen) atoms. The van der Waals surface area contributed by atoms with Gasteiger partial charge in [0.25, 0.3) is 0 Å². The van der Waals surface area contributed by atoms with E-state index in [1.807, 2.05) is 35.3 Å². The molecule has 1 saturated heterocycles. The monoisotopic (exact) mass is 302 g/mol. The van der Waals surface area contributed by atoms with Crippen LogP contribution in [-0.2, 0) is 4.74 Å². The molecule has 5 nitrogen and oxygen atoms in total. The summed E-state index contributed by atoms with van der Waals surface area (Å²) in [6, 6.07) is 10.0. The van der Waals surface area contributed by atoms with Crippen LogP contribution in [0, 0.1) is 0 Å². The highest BCUT2D eigenvalue weighted by atomic mass is 16.5. The summed E-state index contributed by atoms with van der Waals surface area (Å²) in [6.45, 7) is 3.24. The standard InChI is InChI=1S/C17H22N2O3/c1-12(20)17(18-19-9-5-7-14(19)11-21-2)16-10-13-6-3-4-8-15(13)22-16/h3-4,6,8,10,12,14,20H,5,7,9,11H2,1-2H3/b18-17+/t12-,14+/m1/s1. The van der Waals surface area contributed by atoms with Crippen LogP contribution in [0.2, 0.25) is 0 Å². The summed E-state index contributed by atoms with van der Waals surface area (Å²) in [5.41, 5.74) is 1.37. The third-order valence-corrected chi connectivity index (χ3v) is 4.01. The zero-order valence-electron chi connectivity index (χ0n) is 13.0. The quantitative estimate of drug-likeness (QED) is 0.863. The molecule has 1 aromatic carbocycles. The van der Waals surface area contributed by atoms with Crippen LogP contribution in [0.4, 0.5) is 0 Å². The molecule has 3 rings (SSSR count). The van der Waals surface area contributed by atoms with Crippen molar-refractivity contribution >= 4 is 16.7 Å². The number of para-hydroxylation sites is 1. The molecule has 0 spiro atoms. The summed E-state index contributed by atoms with van der Waals surface area (Å²) in [5, 5.41) is 17.8. The first-order valence-corrected chi connectivity index (χ1v) is 7.70. The molecule has 2 heterocycles. The van der Waals surface area contributed by atoms with Gasteiger partial charge in [-0.25, -0.2) is 0 Å². The highest BCUT2D eigenvalue weighted by Crippen LogP contribution is 2.23. The summed E-state index contributed by atoms with van der Waals surface area (Å²) in [4.78, 5) is 0. The van der Waals surface area contributed by atoms with E-state index in [-0.39, 0.29) is 6.04 Å². The normalized spacial score (nSPS) is 20.8. The minimum absolute atomic E-state index is 0.267. The number of ether oxygens (including phenoxy) is 1. The van der Waals surface area contributed by atoms with Crippen molar-refractivity contribution in [3.05, 3.63) is 36.1 Å². The van der Waals surface area contributed by atoms with Crippen LogP contribution in [0.5, 0.6) is 0 Å². The van der Waals surface area contributed by atoms with Gasteiger partial charge in [0.05, 0.1) is 18.8 Å². The van der Waals surface area contributed by atoms with Gasteiger partial charge in [-0.15, -0.1) is 0 Å². The summed E-state index contributed by atoms with van der Waals surface area (Å²) in [5.74, 6) is 0.624. The van der Waals surface area contributed by atoms with Crippen LogP contribution in [-0.4, -0.2) is 48.2 Å². The fraction of sp³-hybridized carbons (Fsp3) is 0.471. The molecule has 5 heteroatoms. The van der Waals surface area contributed by atoms with Gasteiger partial charge in [0.2, 0.25) is 0 Å². The first-order valence-electron chi connectivity index (χ1n) is 7.70. The molecular formula is C17H22N2O3. The Hall–Kier alpha value is -1.85. The van der Waals surface area contributed by atoms with Gasteiger partial charge in [0, 0.05) is 19.0 Å². The van der Waals surface area contributed by atoms with E-state index in [9.17, 15) is 5.11 Å². The Morgan fingerprint density at radius 1 is 1.50 bits per heavy atom. The number of hydrazone groups is 1. The molecule has 1 aliphatic rings. The highest BCUT2D eigenvalue weighted by molar-refractivity contribution is 6.03. The van der Waals surface area contributed by atoms with Crippen molar-refractivity contribution in [1.82, 2.24) is 5.01 Å². The summed E-state index contributed by atoms with van der Waals surface area (Å²) >= 11 is 0.